The molecular formula is C19H22N2O3. The first-order valence-corrected chi connectivity index (χ1v) is 7.92. The molecule has 2 aromatic carbocycles. The second-order valence-corrected chi connectivity index (χ2v) is 5.29. The number of carbonyl (C=O) groups is 2. The van der Waals surface area contributed by atoms with Crippen molar-refractivity contribution in [1.29, 1.82) is 0 Å². The van der Waals surface area contributed by atoms with Crippen molar-refractivity contribution in [2.75, 3.05) is 30.4 Å². The molecule has 2 aromatic rings. The fourth-order valence-corrected chi connectivity index (χ4v) is 2.41. The topological polar surface area (TPSA) is 58.6 Å². The SMILES string of the molecule is CCN(CCC(=O)Nc1cccc(C(=O)OC)c1)c1ccccc1. The molecule has 5 nitrogen and oxygen atoms in total. The summed E-state index contributed by atoms with van der Waals surface area (Å²) in [7, 11) is 1.33. The molecular weight excluding hydrogens is 304 g/mol. The normalized spacial score (nSPS) is 10.1. The van der Waals surface area contributed by atoms with Crippen LogP contribution in [0.15, 0.2) is 54.6 Å². The van der Waals surface area contributed by atoms with E-state index in [0.29, 0.717) is 24.2 Å². The lowest BCUT2D eigenvalue weighted by atomic mass is 10.2. The summed E-state index contributed by atoms with van der Waals surface area (Å²) in [5, 5.41) is 2.82. The Kier molecular flexibility index (Phi) is 6.37. The first kappa shape index (κ1) is 17.5. The summed E-state index contributed by atoms with van der Waals surface area (Å²) in [5.41, 5.74) is 2.10. The molecule has 0 aliphatic carbocycles. The van der Waals surface area contributed by atoms with Gasteiger partial charge in [-0.25, -0.2) is 4.79 Å². The Balaban J connectivity index is 1.92. The van der Waals surface area contributed by atoms with Crippen LogP contribution in [-0.4, -0.2) is 32.1 Å². The van der Waals surface area contributed by atoms with E-state index in [1.54, 1.807) is 24.3 Å². The highest BCUT2D eigenvalue weighted by Gasteiger charge is 2.10. The van der Waals surface area contributed by atoms with E-state index in [-0.39, 0.29) is 5.91 Å². The Morgan fingerprint density at radius 1 is 1.08 bits per heavy atom. The van der Waals surface area contributed by atoms with Gasteiger partial charge < -0.3 is 15.0 Å². The van der Waals surface area contributed by atoms with E-state index in [2.05, 4.69) is 21.9 Å². The van der Waals surface area contributed by atoms with Gasteiger partial charge in [-0.15, -0.1) is 0 Å². The number of nitrogens with zero attached hydrogens (tertiary/aromatic N) is 1. The van der Waals surface area contributed by atoms with Crippen LogP contribution < -0.4 is 10.2 Å². The summed E-state index contributed by atoms with van der Waals surface area (Å²) >= 11 is 0. The molecule has 0 heterocycles. The monoisotopic (exact) mass is 326 g/mol. The van der Waals surface area contributed by atoms with E-state index in [0.717, 1.165) is 12.2 Å². The highest BCUT2D eigenvalue weighted by Crippen LogP contribution is 2.14. The molecule has 2 rings (SSSR count). The average molecular weight is 326 g/mol. The molecule has 0 aliphatic heterocycles. The second kappa shape index (κ2) is 8.72. The minimum absolute atomic E-state index is 0.0913. The van der Waals surface area contributed by atoms with Gasteiger partial charge in [-0.3, -0.25) is 4.79 Å². The van der Waals surface area contributed by atoms with E-state index < -0.39 is 5.97 Å². The average Bonchev–Trinajstić information content (AvgIpc) is 2.62. The molecule has 0 aromatic heterocycles. The first-order chi connectivity index (χ1) is 11.6. The van der Waals surface area contributed by atoms with E-state index >= 15 is 0 Å². The standard InChI is InChI=1S/C19H22N2O3/c1-3-21(17-10-5-4-6-11-17)13-12-18(22)20-16-9-7-8-15(14-16)19(23)24-2/h4-11,14H,3,12-13H2,1-2H3,(H,20,22). The third-order valence-corrected chi connectivity index (χ3v) is 3.68. The summed E-state index contributed by atoms with van der Waals surface area (Å²) in [6.45, 7) is 3.52. The van der Waals surface area contributed by atoms with Crippen molar-refractivity contribution in [3.8, 4) is 0 Å². The van der Waals surface area contributed by atoms with Crippen molar-refractivity contribution in [3.05, 3.63) is 60.2 Å². The minimum atomic E-state index is -0.424. The number of hydrogen-bond donors (Lipinski definition) is 1. The molecule has 0 spiro atoms. The molecule has 0 saturated carbocycles. The van der Waals surface area contributed by atoms with E-state index in [1.807, 2.05) is 30.3 Å². The van der Waals surface area contributed by atoms with Gasteiger partial charge in [0.15, 0.2) is 0 Å². The molecule has 0 atom stereocenters. The van der Waals surface area contributed by atoms with Crippen molar-refractivity contribution in [2.45, 2.75) is 13.3 Å². The van der Waals surface area contributed by atoms with Gasteiger partial charge in [-0.1, -0.05) is 24.3 Å². The van der Waals surface area contributed by atoms with Gasteiger partial charge in [0, 0.05) is 30.9 Å². The smallest absolute Gasteiger partial charge is 0.337 e. The van der Waals surface area contributed by atoms with Crippen LogP contribution in [0, 0.1) is 0 Å². The Bertz CT molecular complexity index is 686. The zero-order valence-corrected chi connectivity index (χ0v) is 14.0. The molecule has 0 bridgehead atoms. The number of nitrogens with one attached hydrogen (secondary N) is 1. The summed E-state index contributed by atoms with van der Waals surface area (Å²) in [5.74, 6) is -0.515. The van der Waals surface area contributed by atoms with Gasteiger partial charge in [0.1, 0.15) is 0 Å². The van der Waals surface area contributed by atoms with E-state index in [1.165, 1.54) is 7.11 Å². The maximum Gasteiger partial charge on any atom is 0.337 e. The molecule has 1 N–H and O–H groups in total. The Morgan fingerprint density at radius 3 is 2.50 bits per heavy atom. The van der Waals surface area contributed by atoms with E-state index in [9.17, 15) is 9.59 Å². The summed E-state index contributed by atoms with van der Waals surface area (Å²) < 4.78 is 4.68. The minimum Gasteiger partial charge on any atom is -0.465 e. The van der Waals surface area contributed by atoms with Crippen LogP contribution in [0.1, 0.15) is 23.7 Å². The highest BCUT2D eigenvalue weighted by molar-refractivity contribution is 5.94. The van der Waals surface area contributed by atoms with Crippen LogP contribution >= 0.6 is 0 Å². The molecule has 0 saturated heterocycles. The van der Waals surface area contributed by atoms with Crippen LogP contribution in [0.25, 0.3) is 0 Å². The van der Waals surface area contributed by atoms with Crippen LogP contribution in [0.4, 0.5) is 11.4 Å². The van der Waals surface area contributed by atoms with Gasteiger partial charge in [-0.2, -0.15) is 0 Å². The molecule has 126 valence electrons. The maximum absolute atomic E-state index is 12.2. The lowest BCUT2D eigenvalue weighted by Gasteiger charge is -2.22. The fourth-order valence-electron chi connectivity index (χ4n) is 2.41. The number of hydrogen-bond acceptors (Lipinski definition) is 4. The number of amides is 1. The Hall–Kier alpha value is -2.82. The van der Waals surface area contributed by atoms with Gasteiger partial charge in [0.05, 0.1) is 12.7 Å². The lowest BCUT2D eigenvalue weighted by Crippen LogP contribution is -2.27. The summed E-state index contributed by atoms with van der Waals surface area (Å²) in [6.07, 6.45) is 0.366. The van der Waals surface area contributed by atoms with Crippen molar-refractivity contribution in [3.63, 3.8) is 0 Å². The van der Waals surface area contributed by atoms with Gasteiger partial charge in [0.25, 0.3) is 0 Å². The number of carbonyl (C=O) groups excluding carboxylic acids is 2. The lowest BCUT2D eigenvalue weighted by molar-refractivity contribution is -0.116. The van der Waals surface area contributed by atoms with Crippen LogP contribution in [0.3, 0.4) is 0 Å². The first-order valence-electron chi connectivity index (χ1n) is 7.92. The third kappa shape index (κ3) is 4.84. The number of esters is 1. The van der Waals surface area contributed by atoms with Gasteiger partial charge >= 0.3 is 5.97 Å². The van der Waals surface area contributed by atoms with Crippen LogP contribution in [0.2, 0.25) is 0 Å². The maximum atomic E-state index is 12.2. The molecule has 0 fully saturated rings. The molecule has 0 aliphatic rings. The third-order valence-electron chi connectivity index (χ3n) is 3.68. The van der Waals surface area contributed by atoms with Crippen molar-refractivity contribution in [1.82, 2.24) is 0 Å². The molecule has 1 amide bonds. The highest BCUT2D eigenvalue weighted by atomic mass is 16.5. The van der Waals surface area contributed by atoms with Gasteiger partial charge in [0.2, 0.25) is 5.91 Å². The quantitative estimate of drug-likeness (QED) is 0.793. The number of rotatable bonds is 7. The zero-order valence-electron chi connectivity index (χ0n) is 14.0. The molecule has 0 unspecified atom stereocenters. The van der Waals surface area contributed by atoms with Crippen molar-refractivity contribution < 1.29 is 14.3 Å². The fraction of sp³-hybridized carbons (Fsp3) is 0.263. The van der Waals surface area contributed by atoms with Crippen LogP contribution in [0.5, 0.6) is 0 Å². The largest absolute Gasteiger partial charge is 0.465 e. The molecule has 5 heteroatoms. The predicted octanol–water partition coefficient (Wildman–Crippen LogP) is 3.33. The molecule has 24 heavy (non-hydrogen) atoms. The Labute approximate surface area is 142 Å². The Morgan fingerprint density at radius 2 is 1.83 bits per heavy atom. The van der Waals surface area contributed by atoms with Crippen molar-refractivity contribution in [2.24, 2.45) is 0 Å². The van der Waals surface area contributed by atoms with E-state index in [4.69, 9.17) is 0 Å². The van der Waals surface area contributed by atoms with Gasteiger partial charge in [-0.05, 0) is 37.3 Å². The number of para-hydroxylation sites is 1. The summed E-state index contributed by atoms with van der Waals surface area (Å²) in [6, 6.07) is 16.7. The predicted molar refractivity (Wildman–Crippen MR) is 95.4 cm³/mol. The number of anilines is 2. The molecule has 0 radical (unpaired) electrons. The number of ether oxygens (including phenoxy) is 1. The van der Waals surface area contributed by atoms with Crippen LogP contribution in [-0.2, 0) is 9.53 Å². The number of benzene rings is 2. The van der Waals surface area contributed by atoms with Crippen molar-refractivity contribution >= 4 is 23.3 Å². The zero-order chi connectivity index (χ0) is 17.4. The number of methoxy groups -OCH3 is 1. The second-order valence-electron chi connectivity index (χ2n) is 5.29. The summed E-state index contributed by atoms with van der Waals surface area (Å²) in [4.78, 5) is 25.8.